The first-order chi connectivity index (χ1) is 13.8. The van der Waals surface area contributed by atoms with E-state index in [1.165, 1.54) is 29.5 Å². The summed E-state index contributed by atoms with van der Waals surface area (Å²) in [5.74, 6) is 1.33. The van der Waals surface area contributed by atoms with Crippen LogP contribution in [0.25, 0.3) is 0 Å². The predicted octanol–water partition coefficient (Wildman–Crippen LogP) is 8.64. The molecule has 0 aliphatic carbocycles. The molecule has 2 rings (SSSR count). The smallest absolute Gasteiger partial charge is 0.397 e. The molecule has 0 aromatic heterocycles. The number of benzene rings is 1. The second kappa shape index (κ2) is 9.88. The van der Waals surface area contributed by atoms with Crippen molar-refractivity contribution in [3.63, 3.8) is 0 Å². The third-order valence-corrected chi connectivity index (χ3v) is 7.35. The Morgan fingerprint density at radius 1 is 1.00 bits per heavy atom. The minimum Gasteiger partial charge on any atom is -0.426 e. The van der Waals surface area contributed by atoms with Crippen molar-refractivity contribution in [2.45, 2.75) is 112 Å². The van der Waals surface area contributed by atoms with Crippen LogP contribution in [0.15, 0.2) is 12.1 Å². The van der Waals surface area contributed by atoms with E-state index in [1.54, 1.807) is 0 Å². The van der Waals surface area contributed by atoms with Crippen molar-refractivity contribution in [1.82, 2.24) is 0 Å². The number of hydrogen-bond donors (Lipinski definition) is 0. The van der Waals surface area contributed by atoms with E-state index in [9.17, 15) is 0 Å². The molecule has 3 nitrogen and oxygen atoms in total. The van der Waals surface area contributed by atoms with Gasteiger partial charge in [-0.25, -0.2) is 0 Å². The fourth-order valence-electron chi connectivity index (χ4n) is 3.83. The molecule has 1 aliphatic rings. The maximum Gasteiger partial charge on any atom is 0.397 e. The van der Waals surface area contributed by atoms with E-state index in [0.29, 0.717) is 5.92 Å². The van der Waals surface area contributed by atoms with Crippen molar-refractivity contribution in [2.75, 3.05) is 13.2 Å². The zero-order chi connectivity index (χ0) is 22.7. The van der Waals surface area contributed by atoms with Crippen LogP contribution in [0.4, 0.5) is 0 Å². The maximum atomic E-state index is 6.54. The average Bonchev–Trinajstić information content (AvgIpc) is 2.65. The minimum atomic E-state index is -1.37. The molecule has 4 heteroatoms. The van der Waals surface area contributed by atoms with Crippen LogP contribution in [0.3, 0.4) is 0 Å². The van der Waals surface area contributed by atoms with Crippen LogP contribution >= 0.6 is 8.60 Å². The summed E-state index contributed by atoms with van der Waals surface area (Å²) in [6, 6.07) is 4.66. The van der Waals surface area contributed by atoms with Gasteiger partial charge in [0.05, 0.1) is 13.2 Å². The lowest BCUT2D eigenvalue weighted by molar-refractivity contribution is 0.00787. The Hall–Kier alpha value is -0.630. The van der Waals surface area contributed by atoms with Crippen LogP contribution in [-0.4, -0.2) is 13.2 Å². The molecule has 1 fully saturated rings. The van der Waals surface area contributed by atoms with Crippen LogP contribution in [0, 0.1) is 5.41 Å². The van der Waals surface area contributed by atoms with Crippen molar-refractivity contribution in [1.29, 1.82) is 0 Å². The SMILES string of the molecule is CCCCC1(CC)COP(Oc2c(C(C)C)cc(C(C)(C)C)cc2C(C)(C)C)OC1. The molecule has 0 saturated carbocycles. The molecule has 1 aliphatic heterocycles. The molecule has 1 saturated heterocycles. The van der Waals surface area contributed by atoms with Crippen molar-refractivity contribution in [3.8, 4) is 5.75 Å². The number of rotatable bonds is 7. The summed E-state index contributed by atoms with van der Waals surface area (Å²) in [6.07, 6.45) is 4.67. The molecular formula is C26H45O3P. The van der Waals surface area contributed by atoms with Crippen LogP contribution in [-0.2, 0) is 19.9 Å². The highest BCUT2D eigenvalue weighted by Gasteiger charge is 2.38. The van der Waals surface area contributed by atoms with Crippen molar-refractivity contribution < 1.29 is 13.6 Å². The summed E-state index contributed by atoms with van der Waals surface area (Å²) in [5.41, 5.74) is 4.05. The van der Waals surface area contributed by atoms with Gasteiger partial charge in [-0.1, -0.05) is 94.2 Å². The monoisotopic (exact) mass is 436 g/mol. The zero-order valence-electron chi connectivity index (χ0n) is 21.1. The first-order valence-corrected chi connectivity index (χ1v) is 12.9. The fourth-order valence-corrected chi connectivity index (χ4v) is 5.13. The van der Waals surface area contributed by atoms with E-state index >= 15 is 0 Å². The van der Waals surface area contributed by atoms with Gasteiger partial charge in [-0.15, -0.1) is 0 Å². The lowest BCUT2D eigenvalue weighted by Crippen LogP contribution is -2.35. The van der Waals surface area contributed by atoms with Crippen molar-refractivity contribution in [2.24, 2.45) is 5.41 Å². The van der Waals surface area contributed by atoms with Gasteiger partial charge in [0.1, 0.15) is 5.75 Å². The molecule has 0 radical (unpaired) electrons. The lowest BCUT2D eigenvalue weighted by atomic mass is 9.77. The Morgan fingerprint density at radius 2 is 1.60 bits per heavy atom. The van der Waals surface area contributed by atoms with Gasteiger partial charge in [0.2, 0.25) is 0 Å². The van der Waals surface area contributed by atoms with Gasteiger partial charge in [-0.3, -0.25) is 0 Å². The third kappa shape index (κ3) is 6.21. The fraction of sp³-hybridized carbons (Fsp3) is 0.769. The molecule has 1 aromatic rings. The van der Waals surface area contributed by atoms with Crippen LogP contribution in [0.5, 0.6) is 5.75 Å². The second-order valence-electron chi connectivity index (χ2n) is 11.4. The Kier molecular flexibility index (Phi) is 8.44. The standard InChI is InChI=1S/C26H45O3P/c1-11-13-14-26(12-2)17-27-30(28-18-26)29-23-21(19(3)4)15-20(24(5,6)7)16-22(23)25(8,9)10/h15-16,19H,11-14,17-18H2,1-10H3. The molecule has 1 heterocycles. The van der Waals surface area contributed by atoms with E-state index < -0.39 is 8.60 Å². The summed E-state index contributed by atoms with van der Waals surface area (Å²) in [4.78, 5) is 0. The zero-order valence-corrected chi connectivity index (χ0v) is 22.0. The van der Waals surface area contributed by atoms with Gasteiger partial charge in [-0.05, 0) is 40.7 Å². The Balaban J connectivity index is 2.35. The second-order valence-corrected chi connectivity index (χ2v) is 12.6. The van der Waals surface area contributed by atoms with Gasteiger partial charge in [0.25, 0.3) is 0 Å². The normalized spacial score (nSPS) is 23.1. The van der Waals surface area contributed by atoms with E-state index in [4.69, 9.17) is 13.6 Å². The highest BCUT2D eigenvalue weighted by molar-refractivity contribution is 7.42. The van der Waals surface area contributed by atoms with Gasteiger partial charge in [-0.2, -0.15) is 0 Å². The van der Waals surface area contributed by atoms with Crippen LogP contribution in [0.2, 0.25) is 0 Å². The van der Waals surface area contributed by atoms with E-state index in [-0.39, 0.29) is 16.2 Å². The van der Waals surface area contributed by atoms with Crippen LogP contribution in [0.1, 0.15) is 118 Å². The Labute approximate surface area is 187 Å². The maximum absolute atomic E-state index is 6.54. The van der Waals surface area contributed by atoms with E-state index in [1.807, 2.05) is 0 Å². The number of hydrogen-bond acceptors (Lipinski definition) is 3. The highest BCUT2D eigenvalue weighted by atomic mass is 31.2. The van der Waals surface area contributed by atoms with E-state index in [2.05, 4.69) is 81.4 Å². The van der Waals surface area contributed by atoms with E-state index in [0.717, 1.165) is 31.8 Å². The van der Waals surface area contributed by atoms with Crippen LogP contribution < -0.4 is 4.52 Å². The molecule has 0 spiro atoms. The molecule has 0 amide bonds. The first-order valence-electron chi connectivity index (χ1n) is 11.8. The van der Waals surface area contributed by atoms with Gasteiger partial charge < -0.3 is 13.6 Å². The Morgan fingerprint density at radius 3 is 2.03 bits per heavy atom. The summed E-state index contributed by atoms with van der Waals surface area (Å²) in [7, 11) is -1.37. The van der Waals surface area contributed by atoms with Gasteiger partial charge in [0, 0.05) is 11.0 Å². The third-order valence-electron chi connectivity index (χ3n) is 6.34. The highest BCUT2D eigenvalue weighted by Crippen LogP contribution is 2.53. The molecular weight excluding hydrogens is 391 g/mol. The lowest BCUT2D eigenvalue weighted by Gasteiger charge is -2.39. The molecule has 0 bridgehead atoms. The first kappa shape index (κ1) is 25.6. The predicted molar refractivity (Wildman–Crippen MR) is 130 cm³/mol. The molecule has 172 valence electrons. The average molecular weight is 437 g/mol. The largest absolute Gasteiger partial charge is 0.426 e. The summed E-state index contributed by atoms with van der Waals surface area (Å²) < 4.78 is 18.9. The van der Waals surface area contributed by atoms with Gasteiger partial charge in [0.15, 0.2) is 0 Å². The van der Waals surface area contributed by atoms with Crippen molar-refractivity contribution >= 4 is 8.60 Å². The molecule has 0 unspecified atom stereocenters. The quantitative estimate of drug-likeness (QED) is 0.400. The molecule has 0 atom stereocenters. The minimum absolute atomic E-state index is 0.0281. The molecule has 1 aromatic carbocycles. The Bertz CT molecular complexity index is 689. The topological polar surface area (TPSA) is 27.7 Å². The number of unbranched alkanes of at least 4 members (excludes halogenated alkanes) is 1. The summed E-state index contributed by atoms with van der Waals surface area (Å²) in [6.45, 7) is 24.0. The van der Waals surface area contributed by atoms with Gasteiger partial charge >= 0.3 is 8.60 Å². The summed E-state index contributed by atoms with van der Waals surface area (Å²) in [5, 5.41) is 0. The summed E-state index contributed by atoms with van der Waals surface area (Å²) >= 11 is 0. The molecule has 0 N–H and O–H groups in total. The van der Waals surface area contributed by atoms with Crippen molar-refractivity contribution in [3.05, 3.63) is 28.8 Å². The molecule has 30 heavy (non-hydrogen) atoms.